The lowest BCUT2D eigenvalue weighted by molar-refractivity contribution is 0.133. The molecule has 2 aliphatic rings. The fraction of sp³-hybridized carbons (Fsp3) is 0.636. The Morgan fingerprint density at radius 2 is 1.67 bits per heavy atom. The molecular formula is C22H30F2. The summed E-state index contributed by atoms with van der Waals surface area (Å²) in [7, 11) is 0. The number of allylic oxidation sites excluding steroid dienone is 2. The second kappa shape index (κ2) is 7.80. The van der Waals surface area contributed by atoms with Gasteiger partial charge < -0.3 is 0 Å². The summed E-state index contributed by atoms with van der Waals surface area (Å²) in [6, 6.07) is 3.23. The Labute approximate surface area is 145 Å². The first-order valence-electron chi connectivity index (χ1n) is 9.73. The van der Waals surface area contributed by atoms with E-state index in [2.05, 4.69) is 19.1 Å². The number of fused-ring (bicyclic) bond motifs is 1. The standard InChI is InChI=1S/C22H30F2/c1-3-5-15-7-8-17-12-18(10-9-16(17)11-15)19-13-21(23)20(6-4-2)22(24)14-19/h3,5,13-18H,4,6-12H2,1-2H3/b5-3+. The van der Waals surface area contributed by atoms with Crippen molar-refractivity contribution in [2.24, 2.45) is 17.8 Å². The molecule has 0 bridgehead atoms. The monoisotopic (exact) mass is 332 g/mol. The fourth-order valence-electron chi connectivity index (χ4n) is 5.02. The highest BCUT2D eigenvalue weighted by molar-refractivity contribution is 5.29. The lowest BCUT2D eigenvalue weighted by Crippen LogP contribution is -2.30. The summed E-state index contributed by atoms with van der Waals surface area (Å²) in [5.74, 6) is 1.95. The van der Waals surface area contributed by atoms with Gasteiger partial charge in [-0.3, -0.25) is 0 Å². The van der Waals surface area contributed by atoms with Gasteiger partial charge in [0.2, 0.25) is 0 Å². The van der Waals surface area contributed by atoms with Gasteiger partial charge in [0.05, 0.1) is 0 Å². The molecule has 2 heteroatoms. The highest BCUT2D eigenvalue weighted by Crippen LogP contribution is 2.48. The van der Waals surface area contributed by atoms with Crippen molar-refractivity contribution >= 4 is 0 Å². The summed E-state index contributed by atoms with van der Waals surface area (Å²) in [5.41, 5.74) is 1.15. The Kier molecular flexibility index (Phi) is 5.73. The minimum absolute atomic E-state index is 0.266. The molecule has 2 aliphatic carbocycles. The molecule has 1 aromatic carbocycles. The zero-order valence-electron chi connectivity index (χ0n) is 15.0. The molecule has 2 fully saturated rings. The minimum Gasteiger partial charge on any atom is -0.207 e. The first-order valence-corrected chi connectivity index (χ1v) is 9.73. The first-order chi connectivity index (χ1) is 11.6. The van der Waals surface area contributed by atoms with Crippen LogP contribution in [0.15, 0.2) is 24.3 Å². The molecule has 0 aromatic heterocycles. The van der Waals surface area contributed by atoms with E-state index in [-0.39, 0.29) is 17.2 Å². The molecule has 4 unspecified atom stereocenters. The highest BCUT2D eigenvalue weighted by Gasteiger charge is 2.35. The van der Waals surface area contributed by atoms with Crippen LogP contribution in [0.3, 0.4) is 0 Å². The van der Waals surface area contributed by atoms with Crippen LogP contribution in [0, 0.1) is 29.4 Å². The third-order valence-corrected chi connectivity index (χ3v) is 6.25. The van der Waals surface area contributed by atoms with Crippen LogP contribution in [0.4, 0.5) is 8.78 Å². The van der Waals surface area contributed by atoms with Crippen LogP contribution in [-0.2, 0) is 6.42 Å². The SMILES string of the molecule is C/C=C/C1CCC2CC(c3cc(F)c(CCC)c(F)c3)CCC2C1. The van der Waals surface area contributed by atoms with Crippen LogP contribution in [0.2, 0.25) is 0 Å². The van der Waals surface area contributed by atoms with Crippen molar-refractivity contribution in [1.29, 1.82) is 0 Å². The predicted molar refractivity (Wildman–Crippen MR) is 96.1 cm³/mol. The van der Waals surface area contributed by atoms with Gasteiger partial charge in [0.25, 0.3) is 0 Å². The van der Waals surface area contributed by atoms with E-state index < -0.39 is 0 Å². The van der Waals surface area contributed by atoms with Crippen LogP contribution in [0.25, 0.3) is 0 Å². The Hall–Kier alpha value is -1.18. The molecule has 2 saturated carbocycles. The Balaban J connectivity index is 1.70. The zero-order valence-corrected chi connectivity index (χ0v) is 15.0. The summed E-state index contributed by atoms with van der Waals surface area (Å²) in [5, 5.41) is 0. The van der Waals surface area contributed by atoms with Gasteiger partial charge in [0.15, 0.2) is 0 Å². The summed E-state index contributed by atoms with van der Waals surface area (Å²) in [6.45, 7) is 4.06. The van der Waals surface area contributed by atoms with Gasteiger partial charge in [-0.25, -0.2) is 8.78 Å². The maximum atomic E-state index is 14.3. The van der Waals surface area contributed by atoms with Crippen molar-refractivity contribution in [3.8, 4) is 0 Å². The van der Waals surface area contributed by atoms with E-state index in [9.17, 15) is 8.78 Å². The largest absolute Gasteiger partial charge is 0.207 e. The Bertz CT molecular complexity index is 567. The molecule has 0 aliphatic heterocycles. The Morgan fingerprint density at radius 1 is 1.00 bits per heavy atom. The molecule has 3 rings (SSSR count). The number of rotatable bonds is 4. The normalized spacial score (nSPS) is 30.5. The second-order valence-electron chi connectivity index (χ2n) is 7.84. The average molecular weight is 332 g/mol. The van der Waals surface area contributed by atoms with E-state index in [1.54, 1.807) is 12.1 Å². The molecule has 132 valence electrons. The van der Waals surface area contributed by atoms with Crippen molar-refractivity contribution in [1.82, 2.24) is 0 Å². The van der Waals surface area contributed by atoms with Crippen LogP contribution in [-0.4, -0.2) is 0 Å². The van der Waals surface area contributed by atoms with Crippen LogP contribution < -0.4 is 0 Å². The van der Waals surface area contributed by atoms with E-state index in [1.165, 1.54) is 25.7 Å². The quantitative estimate of drug-likeness (QED) is 0.532. The average Bonchev–Trinajstić information content (AvgIpc) is 2.58. The Morgan fingerprint density at radius 3 is 2.33 bits per heavy atom. The minimum atomic E-state index is -0.342. The molecule has 0 saturated heterocycles. The van der Waals surface area contributed by atoms with E-state index in [1.807, 2.05) is 6.92 Å². The van der Waals surface area contributed by atoms with Gasteiger partial charge in [-0.15, -0.1) is 0 Å². The topological polar surface area (TPSA) is 0 Å². The third-order valence-electron chi connectivity index (χ3n) is 6.25. The number of halogens is 2. The van der Waals surface area contributed by atoms with Crippen LogP contribution in [0.1, 0.15) is 75.8 Å². The zero-order chi connectivity index (χ0) is 17.1. The summed E-state index contributed by atoms with van der Waals surface area (Å²) in [4.78, 5) is 0. The summed E-state index contributed by atoms with van der Waals surface area (Å²) < 4.78 is 28.5. The summed E-state index contributed by atoms with van der Waals surface area (Å²) >= 11 is 0. The first kappa shape index (κ1) is 17.6. The lowest BCUT2D eigenvalue weighted by atomic mass is 9.64. The van der Waals surface area contributed by atoms with Crippen LogP contribution >= 0.6 is 0 Å². The molecule has 24 heavy (non-hydrogen) atoms. The van der Waals surface area contributed by atoms with Gasteiger partial charge in [0.1, 0.15) is 11.6 Å². The van der Waals surface area contributed by atoms with Gasteiger partial charge in [-0.2, -0.15) is 0 Å². The van der Waals surface area contributed by atoms with E-state index in [4.69, 9.17) is 0 Å². The van der Waals surface area contributed by atoms with Gasteiger partial charge in [-0.05, 0) is 93.2 Å². The molecule has 1 aromatic rings. The number of hydrogen-bond donors (Lipinski definition) is 0. The molecule has 0 amide bonds. The smallest absolute Gasteiger partial charge is 0.129 e. The highest BCUT2D eigenvalue weighted by atomic mass is 19.1. The van der Waals surface area contributed by atoms with Crippen LogP contribution in [0.5, 0.6) is 0 Å². The molecule has 4 atom stereocenters. The maximum absolute atomic E-state index is 14.3. The van der Waals surface area contributed by atoms with Gasteiger partial charge >= 0.3 is 0 Å². The molecule has 0 spiro atoms. The van der Waals surface area contributed by atoms with E-state index in [0.29, 0.717) is 12.3 Å². The van der Waals surface area contributed by atoms with Gasteiger partial charge in [-0.1, -0.05) is 25.5 Å². The summed E-state index contributed by atoms with van der Waals surface area (Å²) in [6.07, 6.45) is 13.1. The predicted octanol–water partition coefficient (Wildman–Crippen LogP) is 6.79. The van der Waals surface area contributed by atoms with Crippen molar-refractivity contribution in [2.45, 2.75) is 71.1 Å². The lowest BCUT2D eigenvalue weighted by Gasteiger charge is -2.42. The van der Waals surface area contributed by atoms with E-state index in [0.717, 1.165) is 42.6 Å². The van der Waals surface area contributed by atoms with Crippen molar-refractivity contribution in [3.63, 3.8) is 0 Å². The molecular weight excluding hydrogens is 302 g/mol. The molecule has 0 nitrogen and oxygen atoms in total. The van der Waals surface area contributed by atoms with Crippen molar-refractivity contribution in [2.75, 3.05) is 0 Å². The fourth-order valence-corrected chi connectivity index (χ4v) is 5.02. The van der Waals surface area contributed by atoms with Gasteiger partial charge in [0, 0.05) is 5.56 Å². The number of benzene rings is 1. The molecule has 0 heterocycles. The third kappa shape index (κ3) is 3.73. The van der Waals surface area contributed by atoms with Crippen molar-refractivity contribution in [3.05, 3.63) is 47.0 Å². The molecule has 0 radical (unpaired) electrons. The number of hydrogen-bond acceptors (Lipinski definition) is 0. The molecule has 0 N–H and O–H groups in total. The van der Waals surface area contributed by atoms with E-state index >= 15 is 0 Å². The second-order valence-corrected chi connectivity index (χ2v) is 7.84. The van der Waals surface area contributed by atoms with Crippen molar-refractivity contribution < 1.29 is 8.78 Å². The maximum Gasteiger partial charge on any atom is 0.129 e.